The van der Waals surface area contributed by atoms with E-state index in [2.05, 4.69) is 30.3 Å². The van der Waals surface area contributed by atoms with Crippen LogP contribution in [0, 0.1) is 0 Å². The van der Waals surface area contributed by atoms with E-state index in [-0.39, 0.29) is 17.5 Å². The van der Waals surface area contributed by atoms with Gasteiger partial charge < -0.3 is 9.47 Å². The van der Waals surface area contributed by atoms with E-state index in [0.29, 0.717) is 11.7 Å². The highest BCUT2D eigenvalue weighted by atomic mass is 16.5. The van der Waals surface area contributed by atoms with E-state index in [1.54, 1.807) is 0 Å². The SMILES string of the molecule is COC(=O)c1ccc([C@@H]2O[C@@H]3CCC[C@@]32c2ccccc2)cc1. The first-order valence-electron chi connectivity index (χ1n) is 8.15. The zero-order chi connectivity index (χ0) is 15.9. The van der Waals surface area contributed by atoms with Gasteiger partial charge in [0.2, 0.25) is 0 Å². The molecule has 1 aliphatic heterocycles. The predicted octanol–water partition coefficient (Wildman–Crippen LogP) is 4.04. The lowest BCUT2D eigenvalue weighted by atomic mass is 9.66. The molecule has 0 aromatic heterocycles. The number of rotatable bonds is 3. The second kappa shape index (κ2) is 5.50. The van der Waals surface area contributed by atoms with Gasteiger partial charge in [-0.25, -0.2) is 4.79 Å². The Morgan fingerprint density at radius 3 is 2.52 bits per heavy atom. The van der Waals surface area contributed by atoms with Crippen LogP contribution >= 0.6 is 0 Å². The first kappa shape index (κ1) is 14.5. The quantitative estimate of drug-likeness (QED) is 0.803. The summed E-state index contributed by atoms with van der Waals surface area (Å²) in [6, 6.07) is 18.4. The highest BCUT2D eigenvalue weighted by Gasteiger charge is 2.60. The number of ether oxygens (including phenoxy) is 2. The van der Waals surface area contributed by atoms with Crippen molar-refractivity contribution in [2.24, 2.45) is 0 Å². The number of carbonyl (C=O) groups is 1. The predicted molar refractivity (Wildman–Crippen MR) is 87.4 cm³/mol. The first-order valence-corrected chi connectivity index (χ1v) is 8.15. The summed E-state index contributed by atoms with van der Waals surface area (Å²) in [7, 11) is 1.40. The molecule has 3 nitrogen and oxygen atoms in total. The minimum atomic E-state index is -0.303. The number of esters is 1. The lowest BCUT2D eigenvalue weighted by Crippen LogP contribution is -2.54. The molecule has 1 aliphatic carbocycles. The average molecular weight is 308 g/mol. The summed E-state index contributed by atoms with van der Waals surface area (Å²) in [5.74, 6) is -0.303. The second-order valence-corrected chi connectivity index (χ2v) is 6.42. The van der Waals surface area contributed by atoms with Gasteiger partial charge in [-0.1, -0.05) is 42.5 Å². The lowest BCUT2D eigenvalue weighted by Gasteiger charge is -2.53. The van der Waals surface area contributed by atoms with Crippen LogP contribution in [0.3, 0.4) is 0 Å². The molecule has 2 aromatic rings. The van der Waals surface area contributed by atoms with Crippen molar-refractivity contribution in [2.45, 2.75) is 36.9 Å². The normalized spacial score (nSPS) is 28.7. The Labute approximate surface area is 136 Å². The van der Waals surface area contributed by atoms with Gasteiger partial charge in [-0.3, -0.25) is 0 Å². The maximum atomic E-state index is 11.6. The van der Waals surface area contributed by atoms with Crippen molar-refractivity contribution in [1.29, 1.82) is 0 Å². The summed E-state index contributed by atoms with van der Waals surface area (Å²) < 4.78 is 11.0. The Kier molecular flexibility index (Phi) is 3.46. The summed E-state index contributed by atoms with van der Waals surface area (Å²) >= 11 is 0. The molecule has 0 amide bonds. The molecular weight excluding hydrogens is 288 g/mol. The molecule has 1 saturated heterocycles. The van der Waals surface area contributed by atoms with Crippen LogP contribution in [0.15, 0.2) is 54.6 Å². The van der Waals surface area contributed by atoms with Crippen LogP contribution in [0.25, 0.3) is 0 Å². The summed E-state index contributed by atoms with van der Waals surface area (Å²) in [6.07, 6.45) is 3.88. The van der Waals surface area contributed by atoms with E-state index in [4.69, 9.17) is 9.47 Å². The van der Waals surface area contributed by atoms with Crippen LogP contribution < -0.4 is 0 Å². The standard InChI is InChI=1S/C20H20O3/c1-22-19(21)15-11-9-14(10-12-15)18-20(13-5-8-17(20)23-18)16-6-3-2-4-7-16/h2-4,6-7,9-12,17-18H,5,8,13H2,1H3/t17-,18+,20-/m1/s1. The highest BCUT2D eigenvalue weighted by Crippen LogP contribution is 2.60. The Morgan fingerprint density at radius 2 is 1.87 bits per heavy atom. The van der Waals surface area contributed by atoms with Crippen molar-refractivity contribution in [3.8, 4) is 0 Å². The van der Waals surface area contributed by atoms with Gasteiger partial charge in [-0.15, -0.1) is 0 Å². The summed E-state index contributed by atoms with van der Waals surface area (Å²) in [5.41, 5.74) is 3.18. The number of carbonyl (C=O) groups excluding carboxylic acids is 1. The van der Waals surface area contributed by atoms with Gasteiger partial charge in [0.1, 0.15) is 0 Å². The van der Waals surface area contributed by atoms with Crippen LogP contribution in [-0.4, -0.2) is 19.2 Å². The molecule has 2 aromatic carbocycles. The largest absolute Gasteiger partial charge is 0.465 e. The van der Waals surface area contributed by atoms with Crippen LogP contribution in [0.4, 0.5) is 0 Å². The van der Waals surface area contributed by atoms with Crippen LogP contribution in [0.2, 0.25) is 0 Å². The first-order chi connectivity index (χ1) is 11.3. The fraction of sp³-hybridized carbons (Fsp3) is 0.350. The summed E-state index contributed by atoms with van der Waals surface area (Å²) in [5, 5.41) is 0. The van der Waals surface area contributed by atoms with Crippen molar-refractivity contribution in [3.05, 3.63) is 71.3 Å². The molecule has 0 bridgehead atoms. The molecule has 0 N–H and O–H groups in total. The van der Waals surface area contributed by atoms with Crippen molar-refractivity contribution in [3.63, 3.8) is 0 Å². The number of hydrogen-bond acceptors (Lipinski definition) is 3. The second-order valence-electron chi connectivity index (χ2n) is 6.42. The van der Waals surface area contributed by atoms with Gasteiger partial charge in [0.05, 0.1) is 30.3 Å². The molecule has 3 heteroatoms. The molecule has 0 unspecified atom stereocenters. The molecular formula is C20H20O3. The van der Waals surface area contributed by atoms with E-state index in [1.807, 2.05) is 24.3 Å². The number of hydrogen-bond donors (Lipinski definition) is 0. The van der Waals surface area contributed by atoms with Crippen molar-refractivity contribution in [1.82, 2.24) is 0 Å². The van der Waals surface area contributed by atoms with Gasteiger partial charge in [0, 0.05) is 0 Å². The Hall–Kier alpha value is -2.13. The van der Waals surface area contributed by atoms with Crippen LogP contribution in [0.1, 0.15) is 46.9 Å². The van der Waals surface area contributed by atoms with Crippen molar-refractivity contribution >= 4 is 5.97 Å². The topological polar surface area (TPSA) is 35.5 Å². The molecule has 1 saturated carbocycles. The lowest BCUT2D eigenvalue weighted by molar-refractivity contribution is -0.194. The maximum absolute atomic E-state index is 11.6. The van der Waals surface area contributed by atoms with E-state index in [9.17, 15) is 4.79 Å². The highest BCUT2D eigenvalue weighted by molar-refractivity contribution is 5.89. The molecule has 3 atom stereocenters. The molecule has 2 aliphatic rings. The number of methoxy groups -OCH3 is 1. The van der Waals surface area contributed by atoms with Gasteiger partial charge >= 0.3 is 5.97 Å². The van der Waals surface area contributed by atoms with E-state index < -0.39 is 0 Å². The number of benzene rings is 2. The van der Waals surface area contributed by atoms with Crippen molar-refractivity contribution in [2.75, 3.05) is 7.11 Å². The van der Waals surface area contributed by atoms with E-state index >= 15 is 0 Å². The monoisotopic (exact) mass is 308 g/mol. The maximum Gasteiger partial charge on any atom is 0.337 e. The van der Waals surface area contributed by atoms with Gasteiger partial charge in [0.25, 0.3) is 0 Å². The van der Waals surface area contributed by atoms with Gasteiger partial charge in [-0.05, 0) is 42.5 Å². The van der Waals surface area contributed by atoms with Crippen LogP contribution in [0.5, 0.6) is 0 Å². The Morgan fingerprint density at radius 1 is 1.13 bits per heavy atom. The van der Waals surface area contributed by atoms with Gasteiger partial charge in [-0.2, -0.15) is 0 Å². The smallest absolute Gasteiger partial charge is 0.337 e. The molecule has 0 spiro atoms. The average Bonchev–Trinajstić information content (AvgIpc) is 2.93. The Balaban J connectivity index is 1.68. The van der Waals surface area contributed by atoms with Crippen molar-refractivity contribution < 1.29 is 14.3 Å². The zero-order valence-electron chi connectivity index (χ0n) is 13.2. The molecule has 1 heterocycles. The third kappa shape index (κ3) is 2.11. The third-order valence-corrected chi connectivity index (χ3v) is 5.35. The molecule has 4 rings (SSSR count). The third-order valence-electron chi connectivity index (χ3n) is 5.35. The fourth-order valence-corrected chi connectivity index (χ4v) is 4.22. The zero-order valence-corrected chi connectivity index (χ0v) is 13.2. The summed E-state index contributed by atoms with van der Waals surface area (Å²) in [6.45, 7) is 0. The van der Waals surface area contributed by atoms with Crippen LogP contribution in [-0.2, 0) is 14.9 Å². The molecule has 0 radical (unpaired) electrons. The summed E-state index contributed by atoms with van der Waals surface area (Å²) in [4.78, 5) is 11.6. The van der Waals surface area contributed by atoms with Gasteiger partial charge in [0.15, 0.2) is 0 Å². The minimum absolute atomic E-state index is 0.0732. The van der Waals surface area contributed by atoms with E-state index in [1.165, 1.54) is 19.1 Å². The molecule has 23 heavy (non-hydrogen) atoms. The molecule has 118 valence electrons. The Bertz CT molecular complexity index is 707. The molecule has 2 fully saturated rings. The number of fused-ring (bicyclic) bond motifs is 1. The fourth-order valence-electron chi connectivity index (χ4n) is 4.22. The minimum Gasteiger partial charge on any atom is -0.465 e. The van der Waals surface area contributed by atoms with E-state index in [0.717, 1.165) is 18.4 Å².